The molecular weight excluding hydrogens is 240 g/mol. The Morgan fingerprint density at radius 3 is 2.26 bits per heavy atom. The van der Waals surface area contributed by atoms with E-state index in [-0.39, 0.29) is 0 Å². The zero-order valence-electron chi connectivity index (χ0n) is 11.6. The Balaban J connectivity index is 1.86. The minimum absolute atomic E-state index is 0.323. The molecule has 1 N–H and O–H groups in total. The summed E-state index contributed by atoms with van der Waals surface area (Å²) in [6.45, 7) is 5.14. The van der Waals surface area contributed by atoms with Crippen LogP contribution in [-0.2, 0) is 11.3 Å². The van der Waals surface area contributed by atoms with Crippen molar-refractivity contribution in [1.82, 2.24) is 0 Å². The summed E-state index contributed by atoms with van der Waals surface area (Å²) in [4.78, 5) is 10.8. The van der Waals surface area contributed by atoms with Gasteiger partial charge in [0.2, 0.25) is 0 Å². The van der Waals surface area contributed by atoms with Crippen LogP contribution in [0.2, 0.25) is 0 Å². The Kier molecular flexibility index (Phi) is 4.59. The highest BCUT2D eigenvalue weighted by atomic mass is 16.5. The molecule has 0 saturated heterocycles. The summed E-state index contributed by atoms with van der Waals surface area (Å²) >= 11 is 0. The van der Waals surface area contributed by atoms with Crippen LogP contribution >= 0.6 is 0 Å². The SMILES string of the molecule is CC1CC(C)CC(OCc2ccc(C(=O)O)cc2)C1. The molecule has 104 valence electrons. The Hall–Kier alpha value is -1.35. The zero-order chi connectivity index (χ0) is 13.8. The third-order valence-corrected chi connectivity index (χ3v) is 3.82. The van der Waals surface area contributed by atoms with E-state index in [0.717, 1.165) is 30.2 Å². The van der Waals surface area contributed by atoms with Gasteiger partial charge < -0.3 is 9.84 Å². The van der Waals surface area contributed by atoms with Crippen LogP contribution in [0.25, 0.3) is 0 Å². The van der Waals surface area contributed by atoms with Gasteiger partial charge in [-0.1, -0.05) is 26.0 Å². The number of hydrogen-bond donors (Lipinski definition) is 1. The van der Waals surface area contributed by atoms with Crippen molar-refractivity contribution in [1.29, 1.82) is 0 Å². The Morgan fingerprint density at radius 1 is 1.16 bits per heavy atom. The van der Waals surface area contributed by atoms with Crippen LogP contribution < -0.4 is 0 Å². The lowest BCUT2D eigenvalue weighted by atomic mass is 9.82. The molecule has 1 saturated carbocycles. The van der Waals surface area contributed by atoms with Crippen LogP contribution in [-0.4, -0.2) is 17.2 Å². The lowest BCUT2D eigenvalue weighted by molar-refractivity contribution is -0.00917. The van der Waals surface area contributed by atoms with Crippen molar-refractivity contribution in [2.45, 2.75) is 45.8 Å². The molecule has 3 nitrogen and oxygen atoms in total. The van der Waals surface area contributed by atoms with Gasteiger partial charge in [0.25, 0.3) is 0 Å². The van der Waals surface area contributed by atoms with Gasteiger partial charge in [0.15, 0.2) is 0 Å². The van der Waals surface area contributed by atoms with Crippen LogP contribution in [0.15, 0.2) is 24.3 Å². The van der Waals surface area contributed by atoms with Crippen molar-refractivity contribution in [3.8, 4) is 0 Å². The number of benzene rings is 1. The fourth-order valence-corrected chi connectivity index (χ4v) is 2.97. The van der Waals surface area contributed by atoms with E-state index in [9.17, 15) is 4.79 Å². The van der Waals surface area contributed by atoms with Gasteiger partial charge in [-0.3, -0.25) is 0 Å². The van der Waals surface area contributed by atoms with Crippen LogP contribution in [0.5, 0.6) is 0 Å². The van der Waals surface area contributed by atoms with Crippen LogP contribution in [0.3, 0.4) is 0 Å². The monoisotopic (exact) mass is 262 g/mol. The van der Waals surface area contributed by atoms with Crippen molar-refractivity contribution in [2.75, 3.05) is 0 Å². The van der Waals surface area contributed by atoms with E-state index in [4.69, 9.17) is 9.84 Å². The molecule has 2 unspecified atom stereocenters. The highest BCUT2D eigenvalue weighted by Gasteiger charge is 2.24. The second kappa shape index (κ2) is 6.20. The summed E-state index contributed by atoms with van der Waals surface area (Å²) < 4.78 is 5.96. The van der Waals surface area contributed by atoms with Crippen LogP contribution in [0, 0.1) is 11.8 Å². The van der Waals surface area contributed by atoms with Crippen molar-refractivity contribution >= 4 is 5.97 Å². The lowest BCUT2D eigenvalue weighted by Gasteiger charge is -2.31. The summed E-state index contributed by atoms with van der Waals surface area (Å²) in [6, 6.07) is 6.93. The van der Waals surface area contributed by atoms with E-state index in [1.165, 1.54) is 6.42 Å². The van der Waals surface area contributed by atoms with Gasteiger partial charge >= 0.3 is 5.97 Å². The number of carbonyl (C=O) groups is 1. The first-order chi connectivity index (χ1) is 9.04. The van der Waals surface area contributed by atoms with Gasteiger partial charge in [0.1, 0.15) is 0 Å². The standard InChI is InChI=1S/C16H22O3/c1-11-7-12(2)9-15(8-11)19-10-13-3-5-14(6-4-13)16(17)18/h3-6,11-12,15H,7-10H2,1-2H3,(H,17,18). The van der Waals surface area contributed by atoms with E-state index < -0.39 is 5.97 Å². The van der Waals surface area contributed by atoms with Gasteiger partial charge in [0.05, 0.1) is 18.3 Å². The summed E-state index contributed by atoms with van der Waals surface area (Å²) in [7, 11) is 0. The van der Waals surface area contributed by atoms with Crippen LogP contribution in [0.4, 0.5) is 0 Å². The molecule has 0 bridgehead atoms. The molecule has 1 aliphatic carbocycles. The summed E-state index contributed by atoms with van der Waals surface area (Å²) in [5.74, 6) is 0.591. The predicted molar refractivity (Wildman–Crippen MR) is 74.2 cm³/mol. The van der Waals surface area contributed by atoms with Crippen molar-refractivity contribution in [3.63, 3.8) is 0 Å². The molecule has 0 aliphatic heterocycles. The maximum Gasteiger partial charge on any atom is 0.335 e. The quantitative estimate of drug-likeness (QED) is 0.899. The number of ether oxygens (including phenoxy) is 1. The molecule has 1 fully saturated rings. The second-order valence-electron chi connectivity index (χ2n) is 5.85. The van der Waals surface area contributed by atoms with E-state index in [1.807, 2.05) is 12.1 Å². The molecule has 1 aromatic rings. The van der Waals surface area contributed by atoms with Crippen LogP contribution in [0.1, 0.15) is 49.0 Å². The molecule has 0 aromatic heterocycles. The Bertz CT molecular complexity index is 414. The van der Waals surface area contributed by atoms with Crippen molar-refractivity contribution in [2.24, 2.45) is 11.8 Å². The van der Waals surface area contributed by atoms with E-state index in [1.54, 1.807) is 12.1 Å². The maximum atomic E-state index is 10.8. The topological polar surface area (TPSA) is 46.5 Å². The summed E-state index contributed by atoms with van der Waals surface area (Å²) in [6.07, 6.45) is 3.92. The van der Waals surface area contributed by atoms with Gasteiger partial charge in [0, 0.05) is 0 Å². The molecule has 1 aromatic carbocycles. The molecule has 2 rings (SSSR count). The van der Waals surface area contributed by atoms with E-state index >= 15 is 0 Å². The molecule has 0 radical (unpaired) electrons. The number of rotatable bonds is 4. The van der Waals surface area contributed by atoms with Crippen molar-refractivity contribution < 1.29 is 14.6 Å². The minimum atomic E-state index is -0.887. The van der Waals surface area contributed by atoms with Gasteiger partial charge in [-0.25, -0.2) is 4.79 Å². The molecule has 19 heavy (non-hydrogen) atoms. The number of hydrogen-bond acceptors (Lipinski definition) is 2. The molecule has 0 spiro atoms. The lowest BCUT2D eigenvalue weighted by Crippen LogP contribution is -2.26. The molecule has 1 aliphatic rings. The number of aromatic carboxylic acids is 1. The molecule has 0 heterocycles. The smallest absolute Gasteiger partial charge is 0.335 e. The second-order valence-corrected chi connectivity index (χ2v) is 5.85. The number of carboxylic acid groups (broad SMARTS) is 1. The minimum Gasteiger partial charge on any atom is -0.478 e. The molecule has 2 atom stereocenters. The maximum absolute atomic E-state index is 10.8. The normalized spacial score (nSPS) is 27.2. The summed E-state index contributed by atoms with van der Waals surface area (Å²) in [5.41, 5.74) is 1.36. The molecular formula is C16H22O3. The first kappa shape index (κ1) is 14.1. The predicted octanol–water partition coefficient (Wildman–Crippen LogP) is 3.73. The van der Waals surface area contributed by atoms with E-state index in [0.29, 0.717) is 18.3 Å². The Labute approximate surface area is 114 Å². The first-order valence-corrected chi connectivity index (χ1v) is 6.98. The summed E-state index contributed by atoms with van der Waals surface area (Å²) in [5, 5.41) is 8.84. The third-order valence-electron chi connectivity index (χ3n) is 3.82. The van der Waals surface area contributed by atoms with E-state index in [2.05, 4.69) is 13.8 Å². The fourth-order valence-electron chi connectivity index (χ4n) is 2.97. The Morgan fingerprint density at radius 2 is 1.74 bits per heavy atom. The average molecular weight is 262 g/mol. The van der Waals surface area contributed by atoms with Gasteiger partial charge in [-0.15, -0.1) is 0 Å². The third kappa shape index (κ3) is 4.06. The largest absolute Gasteiger partial charge is 0.478 e. The molecule has 3 heteroatoms. The number of carboxylic acids is 1. The first-order valence-electron chi connectivity index (χ1n) is 6.98. The molecule has 0 amide bonds. The average Bonchev–Trinajstić information content (AvgIpc) is 2.36. The zero-order valence-corrected chi connectivity index (χ0v) is 11.6. The van der Waals surface area contributed by atoms with Crippen molar-refractivity contribution in [3.05, 3.63) is 35.4 Å². The highest BCUT2D eigenvalue weighted by molar-refractivity contribution is 5.87. The fraction of sp³-hybridized carbons (Fsp3) is 0.562. The highest BCUT2D eigenvalue weighted by Crippen LogP contribution is 2.30. The van der Waals surface area contributed by atoms with Gasteiger partial charge in [-0.05, 0) is 48.8 Å². The van der Waals surface area contributed by atoms with Gasteiger partial charge in [-0.2, -0.15) is 0 Å².